The van der Waals surface area contributed by atoms with Crippen LogP contribution in [-0.4, -0.2) is 11.0 Å². The molecule has 1 atom stereocenters. The van der Waals surface area contributed by atoms with E-state index in [1.165, 1.54) is 25.0 Å². The molecule has 3 nitrogen and oxygen atoms in total. The molecule has 1 saturated carbocycles. The minimum atomic E-state index is -0.662. The molecule has 1 aliphatic heterocycles. The highest BCUT2D eigenvalue weighted by molar-refractivity contribution is 6.06. The largest absolute Gasteiger partial charge is 0.508 e. The number of halogens is 1. The van der Waals surface area contributed by atoms with Gasteiger partial charge in [-0.2, -0.15) is 0 Å². The number of rotatable bonds is 3. The molecular formula is C22H24FNO2. The molecule has 0 aromatic heterocycles. The zero-order valence-corrected chi connectivity index (χ0v) is 14.8. The standard InChI is InChI=1S/C22H24FNO2/c23-17-9-12-19-20(13-17)24-21(26)22(19,16-5-3-1-2-4-6-16)14-15-7-10-18(25)11-8-15/h7-13,16,25H,1-6,14H2,(H,24,26). The number of aromatic hydroxyl groups is 1. The first-order valence-corrected chi connectivity index (χ1v) is 9.49. The van der Waals surface area contributed by atoms with Gasteiger partial charge in [0.15, 0.2) is 0 Å². The third-order valence-electron chi connectivity index (χ3n) is 6.09. The first-order valence-electron chi connectivity index (χ1n) is 9.49. The van der Waals surface area contributed by atoms with Crippen LogP contribution in [0.15, 0.2) is 42.5 Å². The number of fused-ring (bicyclic) bond motifs is 1. The fourth-order valence-corrected chi connectivity index (χ4v) is 4.80. The molecule has 0 spiro atoms. The minimum Gasteiger partial charge on any atom is -0.508 e. The highest BCUT2D eigenvalue weighted by Crippen LogP contribution is 2.49. The second kappa shape index (κ2) is 6.75. The second-order valence-corrected chi connectivity index (χ2v) is 7.65. The van der Waals surface area contributed by atoms with Crippen molar-refractivity contribution in [2.24, 2.45) is 5.92 Å². The Morgan fingerprint density at radius 1 is 1.04 bits per heavy atom. The Bertz CT molecular complexity index is 809. The summed E-state index contributed by atoms with van der Waals surface area (Å²) in [5.41, 5.74) is 1.88. The lowest BCUT2D eigenvalue weighted by atomic mass is 9.65. The fraction of sp³-hybridized carbons (Fsp3) is 0.409. The number of benzene rings is 2. The van der Waals surface area contributed by atoms with Crippen LogP contribution in [0.5, 0.6) is 5.75 Å². The molecule has 0 saturated heterocycles. The van der Waals surface area contributed by atoms with Gasteiger partial charge in [0.05, 0.1) is 5.41 Å². The van der Waals surface area contributed by atoms with E-state index in [2.05, 4.69) is 5.32 Å². The van der Waals surface area contributed by atoms with Crippen LogP contribution in [0.3, 0.4) is 0 Å². The van der Waals surface area contributed by atoms with Crippen LogP contribution in [-0.2, 0) is 16.6 Å². The van der Waals surface area contributed by atoms with Gasteiger partial charge in [-0.3, -0.25) is 4.79 Å². The average Bonchev–Trinajstić information content (AvgIpc) is 2.81. The third-order valence-corrected chi connectivity index (χ3v) is 6.09. The van der Waals surface area contributed by atoms with E-state index in [0.717, 1.165) is 36.8 Å². The summed E-state index contributed by atoms with van der Waals surface area (Å²) >= 11 is 0. The molecule has 1 unspecified atom stereocenters. The number of phenolic OH excluding ortho intramolecular Hbond substituents is 1. The lowest BCUT2D eigenvalue weighted by Crippen LogP contribution is -2.44. The predicted octanol–water partition coefficient (Wildman–Crippen LogP) is 4.93. The van der Waals surface area contributed by atoms with Crippen LogP contribution in [0, 0.1) is 11.7 Å². The van der Waals surface area contributed by atoms with E-state index in [1.807, 2.05) is 12.1 Å². The summed E-state index contributed by atoms with van der Waals surface area (Å²) in [6, 6.07) is 11.8. The SMILES string of the molecule is O=C1Nc2cc(F)ccc2C1(Cc1ccc(O)cc1)C1CCCCCC1. The normalized spacial score (nSPS) is 23.3. The van der Waals surface area contributed by atoms with Gasteiger partial charge >= 0.3 is 0 Å². The van der Waals surface area contributed by atoms with Crippen molar-refractivity contribution in [3.8, 4) is 5.75 Å². The van der Waals surface area contributed by atoms with E-state index in [0.29, 0.717) is 12.1 Å². The molecule has 0 radical (unpaired) electrons. The van der Waals surface area contributed by atoms with Gasteiger partial charge in [-0.1, -0.05) is 43.9 Å². The molecule has 4 heteroatoms. The number of phenols is 1. The maximum atomic E-state index is 13.7. The summed E-state index contributed by atoms with van der Waals surface area (Å²) in [5, 5.41) is 12.5. The van der Waals surface area contributed by atoms with Gasteiger partial charge in [0, 0.05) is 5.69 Å². The molecule has 2 aromatic carbocycles. The molecule has 1 aliphatic carbocycles. The number of amides is 1. The molecule has 26 heavy (non-hydrogen) atoms. The Hall–Kier alpha value is -2.36. The van der Waals surface area contributed by atoms with Crippen molar-refractivity contribution in [1.29, 1.82) is 0 Å². The molecule has 1 amide bonds. The van der Waals surface area contributed by atoms with Crippen molar-refractivity contribution in [2.45, 2.75) is 50.4 Å². The van der Waals surface area contributed by atoms with Gasteiger partial charge in [-0.15, -0.1) is 0 Å². The van der Waals surface area contributed by atoms with Crippen LogP contribution in [0.4, 0.5) is 10.1 Å². The summed E-state index contributed by atoms with van der Waals surface area (Å²) in [5.74, 6) is 0.115. The molecule has 136 valence electrons. The topological polar surface area (TPSA) is 49.3 Å². The quantitative estimate of drug-likeness (QED) is 0.768. The van der Waals surface area contributed by atoms with E-state index < -0.39 is 5.41 Å². The molecule has 2 N–H and O–H groups in total. The molecule has 2 aliphatic rings. The van der Waals surface area contributed by atoms with Crippen LogP contribution in [0.2, 0.25) is 0 Å². The molecular weight excluding hydrogens is 329 g/mol. The van der Waals surface area contributed by atoms with Crippen molar-refractivity contribution in [1.82, 2.24) is 0 Å². The number of anilines is 1. The van der Waals surface area contributed by atoms with Crippen LogP contribution < -0.4 is 5.32 Å². The molecule has 1 heterocycles. The lowest BCUT2D eigenvalue weighted by molar-refractivity contribution is -0.123. The highest BCUT2D eigenvalue weighted by atomic mass is 19.1. The van der Waals surface area contributed by atoms with Crippen molar-refractivity contribution < 1.29 is 14.3 Å². The maximum Gasteiger partial charge on any atom is 0.235 e. The van der Waals surface area contributed by atoms with Crippen molar-refractivity contribution in [3.05, 3.63) is 59.4 Å². The first kappa shape index (κ1) is 17.1. The van der Waals surface area contributed by atoms with E-state index >= 15 is 0 Å². The minimum absolute atomic E-state index is 0.0157. The number of carbonyl (C=O) groups is 1. The first-order chi connectivity index (χ1) is 12.6. The van der Waals surface area contributed by atoms with Gasteiger partial charge in [0.1, 0.15) is 11.6 Å². The second-order valence-electron chi connectivity index (χ2n) is 7.65. The summed E-state index contributed by atoms with van der Waals surface area (Å²) in [6.07, 6.45) is 7.29. The number of hydrogen-bond acceptors (Lipinski definition) is 2. The van der Waals surface area contributed by atoms with Gasteiger partial charge in [0.25, 0.3) is 0 Å². The third kappa shape index (κ3) is 2.87. The van der Waals surface area contributed by atoms with Crippen LogP contribution >= 0.6 is 0 Å². The number of carbonyl (C=O) groups excluding carboxylic acids is 1. The monoisotopic (exact) mass is 353 g/mol. The summed E-state index contributed by atoms with van der Waals surface area (Å²) in [7, 11) is 0. The van der Waals surface area contributed by atoms with Gasteiger partial charge < -0.3 is 10.4 Å². The molecule has 0 bridgehead atoms. The van der Waals surface area contributed by atoms with E-state index in [9.17, 15) is 14.3 Å². The van der Waals surface area contributed by atoms with E-state index in [4.69, 9.17) is 0 Å². The molecule has 4 rings (SSSR count). The number of hydrogen-bond donors (Lipinski definition) is 2. The summed E-state index contributed by atoms with van der Waals surface area (Å²) < 4.78 is 13.7. The predicted molar refractivity (Wildman–Crippen MR) is 99.7 cm³/mol. The zero-order chi connectivity index (χ0) is 18.1. The smallest absolute Gasteiger partial charge is 0.235 e. The average molecular weight is 353 g/mol. The summed E-state index contributed by atoms with van der Waals surface area (Å²) in [6.45, 7) is 0. The maximum absolute atomic E-state index is 13.7. The Kier molecular flexibility index (Phi) is 4.43. The van der Waals surface area contributed by atoms with Gasteiger partial charge in [0.2, 0.25) is 5.91 Å². The fourth-order valence-electron chi connectivity index (χ4n) is 4.80. The summed E-state index contributed by atoms with van der Waals surface area (Å²) in [4.78, 5) is 13.3. The van der Waals surface area contributed by atoms with E-state index in [-0.39, 0.29) is 23.4 Å². The highest BCUT2D eigenvalue weighted by Gasteiger charge is 2.51. The molecule has 1 fully saturated rings. The Labute approximate surface area is 153 Å². The Morgan fingerprint density at radius 2 is 1.73 bits per heavy atom. The Balaban J connectivity index is 1.82. The van der Waals surface area contributed by atoms with Crippen LogP contribution in [0.1, 0.15) is 49.7 Å². The molecule has 2 aromatic rings. The van der Waals surface area contributed by atoms with Gasteiger partial charge in [-0.25, -0.2) is 4.39 Å². The lowest BCUT2D eigenvalue weighted by Gasteiger charge is -2.36. The van der Waals surface area contributed by atoms with E-state index in [1.54, 1.807) is 18.2 Å². The number of nitrogens with one attached hydrogen (secondary N) is 1. The van der Waals surface area contributed by atoms with Crippen molar-refractivity contribution in [3.63, 3.8) is 0 Å². The zero-order valence-electron chi connectivity index (χ0n) is 14.8. The van der Waals surface area contributed by atoms with Crippen molar-refractivity contribution in [2.75, 3.05) is 5.32 Å². The van der Waals surface area contributed by atoms with Gasteiger partial charge in [-0.05, 0) is 60.6 Å². The van der Waals surface area contributed by atoms with Crippen molar-refractivity contribution >= 4 is 11.6 Å². The van der Waals surface area contributed by atoms with Crippen LogP contribution in [0.25, 0.3) is 0 Å². The Morgan fingerprint density at radius 3 is 2.42 bits per heavy atom.